The molecular weight excluding hydrogens is 292 g/mol. The standard InChI is InChI=1S/C16H12N6O/c17-10-11-6-8-12(9-7-11)19-15-20-14(18)21-16(22-15)23-13-4-2-1-3-5-13/h1-9H,(H3,18,19,20,21,22). The molecule has 0 unspecified atom stereocenters. The van der Waals surface area contributed by atoms with Gasteiger partial charge < -0.3 is 15.8 Å². The van der Waals surface area contributed by atoms with Crippen LogP contribution in [0, 0.1) is 11.3 Å². The van der Waals surface area contributed by atoms with Gasteiger partial charge in [-0.25, -0.2) is 0 Å². The summed E-state index contributed by atoms with van der Waals surface area (Å²) in [6.07, 6.45) is 0. The summed E-state index contributed by atoms with van der Waals surface area (Å²) in [7, 11) is 0. The monoisotopic (exact) mass is 304 g/mol. The Kier molecular flexibility index (Phi) is 3.98. The molecule has 0 bridgehead atoms. The Morgan fingerprint density at radius 2 is 1.70 bits per heavy atom. The second-order valence-corrected chi connectivity index (χ2v) is 4.53. The molecular formula is C16H12N6O. The number of anilines is 3. The summed E-state index contributed by atoms with van der Waals surface area (Å²) >= 11 is 0. The van der Waals surface area contributed by atoms with E-state index < -0.39 is 0 Å². The lowest BCUT2D eigenvalue weighted by Crippen LogP contribution is -2.05. The van der Waals surface area contributed by atoms with Crippen molar-refractivity contribution >= 4 is 17.6 Å². The maximum absolute atomic E-state index is 8.79. The van der Waals surface area contributed by atoms with Gasteiger partial charge in [0, 0.05) is 5.69 Å². The molecule has 112 valence electrons. The van der Waals surface area contributed by atoms with Crippen molar-refractivity contribution in [2.24, 2.45) is 0 Å². The fraction of sp³-hybridized carbons (Fsp3) is 0. The van der Waals surface area contributed by atoms with Gasteiger partial charge in [0.15, 0.2) is 0 Å². The molecule has 7 heteroatoms. The number of benzene rings is 2. The third kappa shape index (κ3) is 3.71. The number of hydrogen-bond acceptors (Lipinski definition) is 7. The Morgan fingerprint density at radius 1 is 0.957 bits per heavy atom. The van der Waals surface area contributed by atoms with Crippen LogP contribution in [-0.4, -0.2) is 15.0 Å². The van der Waals surface area contributed by atoms with Crippen LogP contribution in [-0.2, 0) is 0 Å². The zero-order valence-corrected chi connectivity index (χ0v) is 12.0. The highest BCUT2D eigenvalue weighted by Gasteiger charge is 2.07. The number of nitrogens with one attached hydrogen (secondary N) is 1. The predicted octanol–water partition coefficient (Wildman–Crippen LogP) is 2.86. The van der Waals surface area contributed by atoms with Gasteiger partial charge >= 0.3 is 6.01 Å². The van der Waals surface area contributed by atoms with E-state index >= 15 is 0 Å². The molecule has 3 rings (SSSR count). The molecule has 1 aromatic heterocycles. The van der Waals surface area contributed by atoms with Crippen molar-refractivity contribution in [2.45, 2.75) is 0 Å². The van der Waals surface area contributed by atoms with Crippen LogP contribution in [0.2, 0.25) is 0 Å². The molecule has 0 amide bonds. The predicted molar refractivity (Wildman–Crippen MR) is 85.2 cm³/mol. The molecule has 0 radical (unpaired) electrons. The van der Waals surface area contributed by atoms with Crippen LogP contribution in [0.25, 0.3) is 0 Å². The summed E-state index contributed by atoms with van der Waals surface area (Å²) in [6.45, 7) is 0. The Labute approximate surface area is 132 Å². The minimum Gasteiger partial charge on any atom is -0.424 e. The van der Waals surface area contributed by atoms with E-state index in [1.54, 1.807) is 36.4 Å². The third-order valence-electron chi connectivity index (χ3n) is 2.85. The van der Waals surface area contributed by atoms with Crippen molar-refractivity contribution in [3.63, 3.8) is 0 Å². The molecule has 3 N–H and O–H groups in total. The summed E-state index contributed by atoms with van der Waals surface area (Å²) in [5, 5.41) is 11.8. The van der Waals surface area contributed by atoms with Gasteiger partial charge in [-0.2, -0.15) is 20.2 Å². The lowest BCUT2D eigenvalue weighted by Gasteiger charge is -2.08. The molecule has 0 spiro atoms. The second kappa shape index (κ2) is 6.41. The van der Waals surface area contributed by atoms with Crippen molar-refractivity contribution < 1.29 is 4.74 Å². The number of nitrogen functional groups attached to an aromatic ring is 1. The summed E-state index contributed by atoms with van der Waals surface area (Å²) in [5.74, 6) is 0.901. The van der Waals surface area contributed by atoms with Gasteiger partial charge in [-0.05, 0) is 36.4 Å². The van der Waals surface area contributed by atoms with Crippen molar-refractivity contribution in [3.8, 4) is 17.8 Å². The molecule has 0 saturated heterocycles. The van der Waals surface area contributed by atoms with E-state index in [4.69, 9.17) is 15.7 Å². The first-order chi connectivity index (χ1) is 11.2. The highest BCUT2D eigenvalue weighted by atomic mass is 16.5. The van der Waals surface area contributed by atoms with Crippen LogP contribution in [0.5, 0.6) is 11.8 Å². The fourth-order valence-corrected chi connectivity index (χ4v) is 1.82. The molecule has 0 atom stereocenters. The van der Waals surface area contributed by atoms with E-state index in [0.717, 1.165) is 5.69 Å². The van der Waals surface area contributed by atoms with Gasteiger partial charge in [-0.15, -0.1) is 0 Å². The third-order valence-corrected chi connectivity index (χ3v) is 2.85. The molecule has 1 heterocycles. The highest BCUT2D eigenvalue weighted by molar-refractivity contribution is 5.55. The quantitative estimate of drug-likeness (QED) is 0.762. The lowest BCUT2D eigenvalue weighted by molar-refractivity contribution is 0.442. The second-order valence-electron chi connectivity index (χ2n) is 4.53. The summed E-state index contributed by atoms with van der Waals surface area (Å²) in [6, 6.07) is 18.2. The first kappa shape index (κ1) is 14.3. The SMILES string of the molecule is N#Cc1ccc(Nc2nc(N)nc(Oc3ccccc3)n2)cc1. The van der Waals surface area contributed by atoms with E-state index in [-0.39, 0.29) is 17.9 Å². The molecule has 0 fully saturated rings. The molecule has 0 aliphatic rings. The minimum absolute atomic E-state index is 0.0436. The number of rotatable bonds is 4. The van der Waals surface area contributed by atoms with E-state index in [2.05, 4.69) is 26.3 Å². The Morgan fingerprint density at radius 3 is 2.39 bits per heavy atom. The van der Waals surface area contributed by atoms with Crippen molar-refractivity contribution in [2.75, 3.05) is 11.1 Å². The van der Waals surface area contributed by atoms with Gasteiger partial charge in [-0.3, -0.25) is 0 Å². The lowest BCUT2D eigenvalue weighted by atomic mass is 10.2. The average molecular weight is 304 g/mol. The number of para-hydroxylation sites is 1. The topological polar surface area (TPSA) is 110 Å². The van der Waals surface area contributed by atoms with E-state index in [9.17, 15) is 0 Å². The maximum Gasteiger partial charge on any atom is 0.328 e. The van der Waals surface area contributed by atoms with Crippen LogP contribution in [0.3, 0.4) is 0 Å². The number of nitrogens with two attached hydrogens (primary N) is 1. The Hall–Kier alpha value is -3.66. The van der Waals surface area contributed by atoms with E-state index in [0.29, 0.717) is 11.3 Å². The molecule has 23 heavy (non-hydrogen) atoms. The van der Waals surface area contributed by atoms with Crippen LogP contribution in [0.1, 0.15) is 5.56 Å². The number of aromatic nitrogens is 3. The average Bonchev–Trinajstić information content (AvgIpc) is 2.56. The summed E-state index contributed by atoms with van der Waals surface area (Å²) < 4.78 is 5.55. The van der Waals surface area contributed by atoms with Crippen molar-refractivity contribution in [1.82, 2.24) is 15.0 Å². The first-order valence-electron chi connectivity index (χ1n) is 6.74. The molecule has 2 aromatic carbocycles. The number of ether oxygens (including phenoxy) is 1. The molecule has 0 saturated carbocycles. The number of hydrogen-bond donors (Lipinski definition) is 2. The van der Waals surface area contributed by atoms with Crippen LogP contribution in [0.4, 0.5) is 17.6 Å². The van der Waals surface area contributed by atoms with Crippen LogP contribution < -0.4 is 15.8 Å². The van der Waals surface area contributed by atoms with E-state index in [1.165, 1.54) is 0 Å². The zero-order chi connectivity index (χ0) is 16.1. The van der Waals surface area contributed by atoms with Crippen LogP contribution in [0.15, 0.2) is 54.6 Å². The normalized spacial score (nSPS) is 9.87. The van der Waals surface area contributed by atoms with Crippen molar-refractivity contribution in [3.05, 3.63) is 60.2 Å². The van der Waals surface area contributed by atoms with Crippen molar-refractivity contribution in [1.29, 1.82) is 5.26 Å². The van der Waals surface area contributed by atoms with Gasteiger partial charge in [0.05, 0.1) is 11.6 Å². The number of nitrogens with zero attached hydrogens (tertiary/aromatic N) is 4. The van der Waals surface area contributed by atoms with Gasteiger partial charge in [-0.1, -0.05) is 18.2 Å². The number of nitriles is 1. The fourth-order valence-electron chi connectivity index (χ4n) is 1.82. The summed E-state index contributed by atoms with van der Waals surface area (Å²) in [5.41, 5.74) is 6.98. The Bertz CT molecular complexity index is 843. The molecule has 3 aromatic rings. The largest absolute Gasteiger partial charge is 0.424 e. The molecule has 7 nitrogen and oxygen atoms in total. The maximum atomic E-state index is 8.79. The molecule has 0 aliphatic carbocycles. The van der Waals surface area contributed by atoms with Gasteiger partial charge in [0.2, 0.25) is 11.9 Å². The molecule has 0 aliphatic heterocycles. The van der Waals surface area contributed by atoms with Gasteiger partial charge in [0.25, 0.3) is 0 Å². The Balaban J connectivity index is 1.81. The summed E-state index contributed by atoms with van der Waals surface area (Å²) in [4.78, 5) is 12.1. The van der Waals surface area contributed by atoms with E-state index in [1.807, 2.05) is 18.2 Å². The smallest absolute Gasteiger partial charge is 0.328 e. The minimum atomic E-state index is 0.0436. The zero-order valence-electron chi connectivity index (χ0n) is 12.0. The van der Waals surface area contributed by atoms with Crippen LogP contribution >= 0.6 is 0 Å². The first-order valence-corrected chi connectivity index (χ1v) is 6.74. The van der Waals surface area contributed by atoms with Gasteiger partial charge in [0.1, 0.15) is 5.75 Å². The highest BCUT2D eigenvalue weighted by Crippen LogP contribution is 2.20.